The molecule has 92 valence electrons. The highest BCUT2D eigenvalue weighted by Crippen LogP contribution is 2.28. The first-order valence-corrected chi connectivity index (χ1v) is 5.62. The van der Waals surface area contributed by atoms with Crippen LogP contribution in [0.3, 0.4) is 0 Å². The van der Waals surface area contributed by atoms with E-state index in [-0.39, 0.29) is 12.4 Å². The van der Waals surface area contributed by atoms with Gasteiger partial charge in [0.1, 0.15) is 5.38 Å². The molecule has 0 radical (unpaired) electrons. The number of hydrogen-bond donors (Lipinski definition) is 1. The average molecular weight is 256 g/mol. The summed E-state index contributed by atoms with van der Waals surface area (Å²) in [5.41, 5.74) is 6.87. The van der Waals surface area contributed by atoms with Crippen molar-refractivity contribution in [1.29, 1.82) is 0 Å². The predicted octanol–water partition coefficient (Wildman–Crippen LogP) is 2.31. The number of benzene rings is 1. The summed E-state index contributed by atoms with van der Waals surface area (Å²) in [5, 5.41) is -0.843. The van der Waals surface area contributed by atoms with E-state index in [9.17, 15) is 9.59 Å². The van der Waals surface area contributed by atoms with Crippen molar-refractivity contribution in [2.24, 2.45) is 0 Å². The molecule has 0 aliphatic carbocycles. The molecule has 0 bridgehead atoms. The number of anilines is 1. The molecule has 2 N–H and O–H groups in total. The SMILES string of the molecule is CCOC(=O)c1ccc(N)c(C(Cl)C(C)=O)c1. The van der Waals surface area contributed by atoms with Gasteiger partial charge in [-0.15, -0.1) is 11.6 Å². The quantitative estimate of drug-likeness (QED) is 0.509. The first-order valence-electron chi connectivity index (χ1n) is 5.18. The number of hydrogen-bond acceptors (Lipinski definition) is 4. The minimum Gasteiger partial charge on any atom is -0.462 e. The second kappa shape index (κ2) is 5.68. The Kier molecular flexibility index (Phi) is 4.52. The molecule has 0 aliphatic rings. The lowest BCUT2D eigenvalue weighted by Gasteiger charge is -2.11. The number of nitrogen functional groups attached to an aromatic ring is 1. The Bertz CT molecular complexity index is 445. The van der Waals surface area contributed by atoms with E-state index in [1.54, 1.807) is 19.1 Å². The van der Waals surface area contributed by atoms with Crippen molar-refractivity contribution >= 4 is 29.0 Å². The summed E-state index contributed by atoms with van der Waals surface area (Å²) in [6.07, 6.45) is 0. The number of halogens is 1. The Morgan fingerprint density at radius 3 is 2.65 bits per heavy atom. The van der Waals surface area contributed by atoms with E-state index < -0.39 is 11.3 Å². The number of alkyl halides is 1. The zero-order valence-electron chi connectivity index (χ0n) is 9.70. The molecule has 1 aromatic rings. The predicted molar refractivity (Wildman–Crippen MR) is 66.1 cm³/mol. The highest BCUT2D eigenvalue weighted by atomic mass is 35.5. The van der Waals surface area contributed by atoms with Crippen LogP contribution in [0.25, 0.3) is 0 Å². The molecule has 0 aliphatic heterocycles. The minimum atomic E-state index is -0.843. The molecule has 5 heteroatoms. The van der Waals surface area contributed by atoms with E-state index in [2.05, 4.69) is 0 Å². The second-order valence-corrected chi connectivity index (χ2v) is 3.97. The first kappa shape index (κ1) is 13.5. The normalized spacial score (nSPS) is 11.9. The molecular formula is C12H14ClNO3. The van der Waals surface area contributed by atoms with Crippen LogP contribution in [-0.2, 0) is 9.53 Å². The van der Waals surface area contributed by atoms with Gasteiger partial charge in [-0.1, -0.05) is 0 Å². The van der Waals surface area contributed by atoms with Gasteiger partial charge in [0.05, 0.1) is 12.2 Å². The molecule has 17 heavy (non-hydrogen) atoms. The molecule has 0 aromatic heterocycles. The molecule has 1 rings (SSSR count). The molecule has 0 saturated heterocycles. The lowest BCUT2D eigenvalue weighted by atomic mass is 10.0. The molecule has 4 nitrogen and oxygen atoms in total. The number of ketones is 1. The molecule has 0 spiro atoms. The van der Waals surface area contributed by atoms with Crippen LogP contribution in [0.2, 0.25) is 0 Å². The van der Waals surface area contributed by atoms with Crippen molar-refractivity contribution < 1.29 is 14.3 Å². The maximum atomic E-state index is 11.5. The number of esters is 1. The third kappa shape index (κ3) is 3.20. The molecule has 1 atom stereocenters. The number of carbonyl (C=O) groups excluding carboxylic acids is 2. The van der Waals surface area contributed by atoms with E-state index in [4.69, 9.17) is 22.1 Å². The van der Waals surface area contributed by atoms with Crippen molar-refractivity contribution in [2.45, 2.75) is 19.2 Å². The fourth-order valence-corrected chi connectivity index (χ4v) is 1.54. The van der Waals surface area contributed by atoms with Gasteiger partial charge in [-0.25, -0.2) is 4.79 Å². The largest absolute Gasteiger partial charge is 0.462 e. The maximum absolute atomic E-state index is 11.5. The highest BCUT2D eigenvalue weighted by Gasteiger charge is 2.18. The summed E-state index contributed by atoms with van der Waals surface area (Å²) in [6, 6.07) is 4.58. The number of rotatable bonds is 4. The lowest BCUT2D eigenvalue weighted by molar-refractivity contribution is -0.116. The third-order valence-corrected chi connectivity index (χ3v) is 2.77. The van der Waals surface area contributed by atoms with Gasteiger partial charge in [-0.2, -0.15) is 0 Å². The van der Waals surface area contributed by atoms with Gasteiger partial charge in [0, 0.05) is 11.3 Å². The summed E-state index contributed by atoms with van der Waals surface area (Å²) in [6.45, 7) is 3.37. The van der Waals surface area contributed by atoms with Crippen molar-refractivity contribution in [3.05, 3.63) is 29.3 Å². The zero-order chi connectivity index (χ0) is 13.0. The summed E-state index contributed by atoms with van der Waals surface area (Å²) >= 11 is 5.92. The highest BCUT2D eigenvalue weighted by molar-refractivity contribution is 6.31. The monoisotopic (exact) mass is 255 g/mol. The van der Waals surface area contributed by atoms with E-state index in [1.807, 2.05) is 0 Å². The van der Waals surface area contributed by atoms with E-state index >= 15 is 0 Å². The van der Waals surface area contributed by atoms with Crippen molar-refractivity contribution in [3.8, 4) is 0 Å². The van der Waals surface area contributed by atoms with Crippen molar-refractivity contribution in [2.75, 3.05) is 12.3 Å². The Labute approximate surface area is 105 Å². The van der Waals surface area contributed by atoms with E-state index in [0.717, 1.165) is 0 Å². The maximum Gasteiger partial charge on any atom is 0.338 e. The van der Waals surface area contributed by atoms with E-state index in [0.29, 0.717) is 16.8 Å². The summed E-state index contributed by atoms with van der Waals surface area (Å²) in [5.74, 6) is -0.680. The number of Topliss-reactive ketones (excluding diaryl/α,β-unsaturated/α-hetero) is 1. The van der Waals surface area contributed by atoms with Crippen molar-refractivity contribution in [1.82, 2.24) is 0 Å². The standard InChI is InChI=1S/C12H14ClNO3/c1-3-17-12(16)8-4-5-10(14)9(6-8)11(13)7(2)15/h4-6,11H,3,14H2,1-2H3. The van der Waals surface area contributed by atoms with Gasteiger partial charge >= 0.3 is 5.97 Å². The van der Waals surface area contributed by atoms with Crippen LogP contribution in [0.4, 0.5) is 5.69 Å². The van der Waals surface area contributed by atoms with Crippen molar-refractivity contribution in [3.63, 3.8) is 0 Å². The average Bonchev–Trinajstić information content (AvgIpc) is 2.28. The van der Waals surface area contributed by atoms with E-state index in [1.165, 1.54) is 13.0 Å². The summed E-state index contributed by atoms with van der Waals surface area (Å²) in [7, 11) is 0. The van der Waals surface area contributed by atoms with Gasteiger partial charge in [-0.05, 0) is 32.0 Å². The van der Waals surface area contributed by atoms with Crippen LogP contribution in [0.5, 0.6) is 0 Å². The molecule has 1 aromatic carbocycles. The van der Waals surface area contributed by atoms with Gasteiger partial charge < -0.3 is 10.5 Å². The smallest absolute Gasteiger partial charge is 0.338 e. The Hall–Kier alpha value is -1.55. The Balaban J connectivity index is 3.10. The number of carbonyl (C=O) groups is 2. The fourth-order valence-electron chi connectivity index (χ4n) is 1.35. The van der Waals surface area contributed by atoms with Gasteiger partial charge in [0.15, 0.2) is 5.78 Å². The molecule has 0 heterocycles. The molecule has 0 fully saturated rings. The second-order valence-electron chi connectivity index (χ2n) is 3.54. The molecule has 0 saturated carbocycles. The van der Waals surface area contributed by atoms with Gasteiger partial charge in [-0.3, -0.25) is 4.79 Å². The molecule has 0 amide bonds. The first-order chi connectivity index (χ1) is 7.97. The number of nitrogens with two attached hydrogens (primary N) is 1. The van der Waals surface area contributed by atoms with Gasteiger partial charge in [0.25, 0.3) is 0 Å². The zero-order valence-corrected chi connectivity index (χ0v) is 10.5. The molecule has 1 unspecified atom stereocenters. The van der Waals surface area contributed by atoms with Crippen LogP contribution < -0.4 is 5.73 Å². The summed E-state index contributed by atoms with van der Waals surface area (Å²) in [4.78, 5) is 22.7. The van der Waals surface area contributed by atoms with Crippen LogP contribution in [0.15, 0.2) is 18.2 Å². The third-order valence-electron chi connectivity index (χ3n) is 2.23. The van der Waals surface area contributed by atoms with Crippen LogP contribution in [0, 0.1) is 0 Å². The Morgan fingerprint density at radius 2 is 2.12 bits per heavy atom. The topological polar surface area (TPSA) is 69.4 Å². The summed E-state index contributed by atoms with van der Waals surface area (Å²) < 4.78 is 4.86. The number of ether oxygens (including phenoxy) is 1. The molecular weight excluding hydrogens is 242 g/mol. The lowest BCUT2D eigenvalue weighted by Crippen LogP contribution is -2.09. The van der Waals surface area contributed by atoms with Crippen LogP contribution in [-0.4, -0.2) is 18.4 Å². The minimum absolute atomic E-state index is 0.223. The Morgan fingerprint density at radius 1 is 1.47 bits per heavy atom. The van der Waals surface area contributed by atoms with Gasteiger partial charge in [0.2, 0.25) is 0 Å². The van der Waals surface area contributed by atoms with Crippen LogP contribution >= 0.6 is 11.6 Å². The fraction of sp³-hybridized carbons (Fsp3) is 0.333. The van der Waals surface area contributed by atoms with Crippen LogP contribution in [0.1, 0.15) is 35.1 Å².